The van der Waals surface area contributed by atoms with E-state index < -0.39 is 0 Å². The maximum absolute atomic E-state index is 12.8. The third-order valence-electron chi connectivity index (χ3n) is 6.62. The topological polar surface area (TPSA) is 49.8 Å². The fraction of sp³-hybridized carbons (Fsp3) is 0.536. The lowest BCUT2D eigenvalue weighted by Crippen LogP contribution is -2.37. The quantitative estimate of drug-likeness (QED) is 0.362. The standard InChI is InChI=1S/C28H39NO3/c1-6-25(23-12-9-13-24(17-23)29(19(2)3)20(4)5)26-16-21(18-30)14-15-27(26)32-28(31)22-10-7-8-11-22/h9,12-17,19-20,22,25,30H,6-8,10-11,18H2,1-5H3. The predicted octanol–water partition coefficient (Wildman–Crippen LogP) is 6.44. The van der Waals surface area contributed by atoms with E-state index in [1.807, 2.05) is 18.2 Å². The molecule has 1 N–H and O–H groups in total. The van der Waals surface area contributed by atoms with Crippen LogP contribution in [0, 0.1) is 5.92 Å². The van der Waals surface area contributed by atoms with Crippen LogP contribution in [0.4, 0.5) is 5.69 Å². The number of ether oxygens (including phenoxy) is 1. The molecule has 2 aromatic rings. The van der Waals surface area contributed by atoms with Gasteiger partial charge < -0.3 is 14.7 Å². The number of carbonyl (C=O) groups is 1. The lowest BCUT2D eigenvalue weighted by molar-refractivity contribution is -0.138. The zero-order valence-electron chi connectivity index (χ0n) is 20.3. The molecule has 1 aliphatic rings. The molecule has 0 radical (unpaired) electrons. The third kappa shape index (κ3) is 5.53. The zero-order valence-corrected chi connectivity index (χ0v) is 20.3. The molecule has 32 heavy (non-hydrogen) atoms. The van der Waals surface area contributed by atoms with Gasteiger partial charge in [0.05, 0.1) is 12.5 Å². The first-order valence-corrected chi connectivity index (χ1v) is 12.2. The molecule has 1 aliphatic carbocycles. The Morgan fingerprint density at radius 2 is 1.75 bits per heavy atom. The summed E-state index contributed by atoms with van der Waals surface area (Å²) in [6, 6.07) is 15.2. The van der Waals surface area contributed by atoms with Gasteiger partial charge in [0.1, 0.15) is 5.75 Å². The Balaban J connectivity index is 1.99. The lowest BCUT2D eigenvalue weighted by Gasteiger charge is -2.34. The van der Waals surface area contributed by atoms with E-state index >= 15 is 0 Å². The highest BCUT2D eigenvalue weighted by atomic mass is 16.5. The van der Waals surface area contributed by atoms with Crippen LogP contribution in [0.15, 0.2) is 42.5 Å². The number of hydrogen-bond acceptors (Lipinski definition) is 4. The van der Waals surface area contributed by atoms with Crippen molar-refractivity contribution in [2.75, 3.05) is 4.90 Å². The monoisotopic (exact) mass is 437 g/mol. The SMILES string of the molecule is CCC(c1cccc(N(C(C)C)C(C)C)c1)c1cc(CO)ccc1OC(=O)C1CCCC1. The van der Waals surface area contributed by atoms with Gasteiger partial charge in [0.25, 0.3) is 0 Å². The Morgan fingerprint density at radius 3 is 2.34 bits per heavy atom. The fourth-order valence-corrected chi connectivity index (χ4v) is 5.14. The molecule has 4 heteroatoms. The summed E-state index contributed by atoms with van der Waals surface area (Å²) >= 11 is 0. The van der Waals surface area contributed by atoms with Gasteiger partial charge in [-0.05, 0) is 82.3 Å². The zero-order chi connectivity index (χ0) is 23.3. The molecule has 0 amide bonds. The average molecular weight is 438 g/mol. The molecule has 1 fully saturated rings. The number of benzene rings is 2. The predicted molar refractivity (Wildman–Crippen MR) is 131 cm³/mol. The Kier molecular flexibility index (Phi) is 8.36. The lowest BCUT2D eigenvalue weighted by atomic mass is 9.87. The molecular formula is C28H39NO3. The molecule has 174 valence electrons. The molecule has 0 bridgehead atoms. The summed E-state index contributed by atoms with van der Waals surface area (Å²) in [5.41, 5.74) is 4.21. The molecule has 0 heterocycles. The van der Waals surface area contributed by atoms with Crippen molar-refractivity contribution in [3.8, 4) is 5.75 Å². The van der Waals surface area contributed by atoms with Gasteiger partial charge in [-0.2, -0.15) is 0 Å². The highest BCUT2D eigenvalue weighted by Gasteiger charge is 2.27. The molecule has 1 saturated carbocycles. The van der Waals surface area contributed by atoms with Crippen molar-refractivity contribution in [2.45, 2.75) is 91.3 Å². The minimum atomic E-state index is -0.116. The molecule has 0 saturated heterocycles. The van der Waals surface area contributed by atoms with Crippen molar-refractivity contribution in [3.63, 3.8) is 0 Å². The summed E-state index contributed by atoms with van der Waals surface area (Å²) in [5, 5.41) is 9.76. The van der Waals surface area contributed by atoms with E-state index in [1.54, 1.807) is 0 Å². The van der Waals surface area contributed by atoms with Crippen LogP contribution in [0.2, 0.25) is 0 Å². The van der Waals surface area contributed by atoms with Gasteiger partial charge >= 0.3 is 5.97 Å². The van der Waals surface area contributed by atoms with E-state index in [1.165, 1.54) is 11.3 Å². The molecular weight excluding hydrogens is 398 g/mol. The number of aliphatic hydroxyl groups is 1. The van der Waals surface area contributed by atoms with Gasteiger partial charge in [0.15, 0.2) is 0 Å². The van der Waals surface area contributed by atoms with Crippen LogP contribution in [-0.4, -0.2) is 23.2 Å². The fourth-order valence-electron chi connectivity index (χ4n) is 5.14. The van der Waals surface area contributed by atoms with Crippen molar-refractivity contribution >= 4 is 11.7 Å². The Hall–Kier alpha value is -2.33. The van der Waals surface area contributed by atoms with Crippen molar-refractivity contribution < 1.29 is 14.6 Å². The Morgan fingerprint density at radius 1 is 1.06 bits per heavy atom. The summed E-state index contributed by atoms with van der Waals surface area (Å²) in [6.07, 6.45) is 4.91. The van der Waals surface area contributed by atoms with E-state index in [0.717, 1.165) is 43.2 Å². The summed E-state index contributed by atoms with van der Waals surface area (Å²) in [7, 11) is 0. The first-order valence-electron chi connectivity index (χ1n) is 12.2. The minimum absolute atomic E-state index is 0.00872. The van der Waals surface area contributed by atoms with Crippen LogP contribution in [-0.2, 0) is 11.4 Å². The second-order valence-corrected chi connectivity index (χ2v) is 9.58. The molecule has 0 aliphatic heterocycles. The minimum Gasteiger partial charge on any atom is -0.426 e. The van der Waals surface area contributed by atoms with E-state index in [0.29, 0.717) is 17.8 Å². The number of nitrogens with zero attached hydrogens (tertiary/aromatic N) is 1. The van der Waals surface area contributed by atoms with Gasteiger partial charge in [-0.1, -0.05) is 38.0 Å². The number of rotatable bonds is 9. The summed E-state index contributed by atoms with van der Waals surface area (Å²) in [5.74, 6) is 0.597. The first kappa shape index (κ1) is 24.3. The molecule has 1 atom stereocenters. The molecule has 2 aromatic carbocycles. The Labute approximate surface area is 193 Å². The Bertz CT molecular complexity index is 891. The maximum Gasteiger partial charge on any atom is 0.314 e. The van der Waals surface area contributed by atoms with Crippen LogP contribution in [0.1, 0.15) is 89.3 Å². The van der Waals surface area contributed by atoms with Gasteiger partial charge in [-0.15, -0.1) is 0 Å². The first-order chi connectivity index (χ1) is 15.3. The van der Waals surface area contributed by atoms with Gasteiger partial charge in [-0.25, -0.2) is 0 Å². The molecule has 0 aromatic heterocycles. The second-order valence-electron chi connectivity index (χ2n) is 9.58. The number of hydrogen-bond donors (Lipinski definition) is 1. The summed E-state index contributed by atoms with van der Waals surface area (Å²) in [4.78, 5) is 15.2. The smallest absolute Gasteiger partial charge is 0.314 e. The van der Waals surface area contributed by atoms with E-state index in [9.17, 15) is 9.90 Å². The summed E-state index contributed by atoms with van der Waals surface area (Å²) < 4.78 is 5.96. The highest BCUT2D eigenvalue weighted by molar-refractivity contribution is 5.76. The summed E-state index contributed by atoms with van der Waals surface area (Å²) in [6.45, 7) is 11.0. The molecule has 0 spiro atoms. The second kappa shape index (κ2) is 11.0. The van der Waals surface area contributed by atoms with Crippen LogP contribution in [0.3, 0.4) is 0 Å². The van der Waals surface area contributed by atoms with Gasteiger partial charge in [-0.3, -0.25) is 4.79 Å². The van der Waals surface area contributed by atoms with Crippen molar-refractivity contribution in [2.24, 2.45) is 5.92 Å². The average Bonchev–Trinajstić information content (AvgIpc) is 3.30. The van der Waals surface area contributed by atoms with Gasteiger partial charge in [0, 0.05) is 29.3 Å². The van der Waals surface area contributed by atoms with Gasteiger partial charge in [0.2, 0.25) is 0 Å². The molecule has 1 unspecified atom stereocenters. The number of anilines is 1. The van der Waals surface area contributed by atoms with E-state index in [-0.39, 0.29) is 24.4 Å². The highest BCUT2D eigenvalue weighted by Crippen LogP contribution is 2.38. The molecule has 4 nitrogen and oxygen atoms in total. The van der Waals surface area contributed by atoms with Crippen LogP contribution >= 0.6 is 0 Å². The number of esters is 1. The van der Waals surface area contributed by atoms with Crippen LogP contribution < -0.4 is 9.64 Å². The number of aliphatic hydroxyl groups excluding tert-OH is 1. The maximum atomic E-state index is 12.8. The largest absolute Gasteiger partial charge is 0.426 e. The van der Waals surface area contributed by atoms with Crippen LogP contribution in [0.5, 0.6) is 5.75 Å². The molecule has 3 rings (SSSR count). The number of carbonyl (C=O) groups excluding carboxylic acids is 1. The van der Waals surface area contributed by atoms with E-state index in [4.69, 9.17) is 4.74 Å². The van der Waals surface area contributed by atoms with Crippen LogP contribution in [0.25, 0.3) is 0 Å². The van der Waals surface area contributed by atoms with Crippen molar-refractivity contribution in [1.29, 1.82) is 0 Å². The van der Waals surface area contributed by atoms with Crippen molar-refractivity contribution in [3.05, 3.63) is 59.2 Å². The van der Waals surface area contributed by atoms with Crippen molar-refractivity contribution in [1.82, 2.24) is 0 Å². The van der Waals surface area contributed by atoms with E-state index in [2.05, 4.69) is 63.8 Å². The normalized spacial score (nSPS) is 15.4. The third-order valence-corrected chi connectivity index (χ3v) is 6.62.